The van der Waals surface area contributed by atoms with Gasteiger partial charge in [0.2, 0.25) is 6.29 Å². The molecule has 1 amide bonds. The lowest BCUT2D eigenvalue weighted by atomic mass is 9.92. The van der Waals surface area contributed by atoms with Gasteiger partial charge in [-0.3, -0.25) is 4.79 Å². The SMILES string of the molecule is O=C(NCc1ccccc1)C1=C[C@H](c2coc3ccccc23)C[C@H](OCCOCCO)O1. The first-order valence-electron chi connectivity index (χ1n) is 10.7. The van der Waals surface area contributed by atoms with Crippen LogP contribution in [0.1, 0.15) is 23.5 Å². The summed E-state index contributed by atoms with van der Waals surface area (Å²) in [5.74, 6) is -0.173. The monoisotopic (exact) mass is 437 g/mol. The number of carbonyl (C=O) groups is 1. The Balaban J connectivity index is 1.49. The zero-order valence-corrected chi connectivity index (χ0v) is 17.7. The first-order valence-corrected chi connectivity index (χ1v) is 10.7. The van der Waals surface area contributed by atoms with Crippen LogP contribution in [-0.2, 0) is 25.5 Å². The molecule has 2 aromatic carbocycles. The topological polar surface area (TPSA) is 90.2 Å². The quantitative estimate of drug-likeness (QED) is 0.472. The van der Waals surface area contributed by atoms with Crippen LogP contribution >= 0.6 is 0 Å². The Labute approximate surface area is 186 Å². The second-order valence-corrected chi connectivity index (χ2v) is 7.48. The summed E-state index contributed by atoms with van der Waals surface area (Å²) >= 11 is 0. The van der Waals surface area contributed by atoms with Crippen LogP contribution in [-0.4, -0.2) is 43.7 Å². The second-order valence-electron chi connectivity index (χ2n) is 7.48. The van der Waals surface area contributed by atoms with Crippen molar-refractivity contribution in [3.63, 3.8) is 0 Å². The van der Waals surface area contributed by atoms with Gasteiger partial charge in [-0.25, -0.2) is 0 Å². The van der Waals surface area contributed by atoms with E-state index in [4.69, 9.17) is 23.7 Å². The number of furan rings is 1. The number of fused-ring (bicyclic) bond motifs is 1. The lowest BCUT2D eigenvalue weighted by molar-refractivity contribution is -0.151. The fourth-order valence-electron chi connectivity index (χ4n) is 3.69. The first-order chi connectivity index (χ1) is 15.7. The van der Waals surface area contributed by atoms with Gasteiger partial charge in [0, 0.05) is 29.8 Å². The third kappa shape index (κ3) is 5.56. The van der Waals surface area contributed by atoms with Crippen molar-refractivity contribution < 1.29 is 28.5 Å². The van der Waals surface area contributed by atoms with Crippen LogP contribution in [0.3, 0.4) is 0 Å². The molecule has 0 spiro atoms. The molecule has 1 aliphatic rings. The molecule has 0 fully saturated rings. The summed E-state index contributed by atoms with van der Waals surface area (Å²) < 4.78 is 22.7. The van der Waals surface area contributed by atoms with Gasteiger partial charge in [-0.2, -0.15) is 0 Å². The van der Waals surface area contributed by atoms with E-state index in [1.165, 1.54) is 0 Å². The Kier molecular flexibility index (Phi) is 7.55. The van der Waals surface area contributed by atoms with Crippen molar-refractivity contribution in [1.82, 2.24) is 5.32 Å². The molecule has 0 saturated carbocycles. The highest BCUT2D eigenvalue weighted by molar-refractivity contribution is 5.92. The minimum absolute atomic E-state index is 0.0377. The minimum atomic E-state index is -0.603. The number of rotatable bonds is 10. The molecule has 2 heterocycles. The van der Waals surface area contributed by atoms with Crippen LogP contribution in [0, 0.1) is 0 Å². The van der Waals surface area contributed by atoms with Gasteiger partial charge in [0.15, 0.2) is 5.76 Å². The molecule has 2 atom stereocenters. The maximum Gasteiger partial charge on any atom is 0.286 e. The lowest BCUT2D eigenvalue weighted by Gasteiger charge is -2.29. The number of benzene rings is 2. The number of allylic oxidation sites excluding steroid dienone is 1. The third-order valence-corrected chi connectivity index (χ3v) is 5.25. The zero-order chi connectivity index (χ0) is 22.2. The van der Waals surface area contributed by atoms with Crippen molar-refractivity contribution in [2.24, 2.45) is 0 Å². The van der Waals surface area contributed by atoms with E-state index in [1.54, 1.807) is 6.26 Å². The van der Waals surface area contributed by atoms with Crippen LogP contribution in [0.15, 0.2) is 77.1 Å². The Hall–Kier alpha value is -3.13. The fourth-order valence-corrected chi connectivity index (χ4v) is 3.69. The van der Waals surface area contributed by atoms with Crippen molar-refractivity contribution in [3.8, 4) is 0 Å². The van der Waals surface area contributed by atoms with E-state index in [0.29, 0.717) is 26.2 Å². The Morgan fingerprint density at radius 2 is 1.88 bits per heavy atom. The second kappa shape index (κ2) is 10.9. The lowest BCUT2D eigenvalue weighted by Crippen LogP contribution is -2.33. The summed E-state index contributed by atoms with van der Waals surface area (Å²) in [5, 5.41) is 12.7. The summed E-state index contributed by atoms with van der Waals surface area (Å²) in [7, 11) is 0. The largest absolute Gasteiger partial charge is 0.464 e. The minimum Gasteiger partial charge on any atom is -0.464 e. The van der Waals surface area contributed by atoms with E-state index in [0.717, 1.165) is 22.1 Å². The summed E-state index contributed by atoms with van der Waals surface area (Å²) in [4.78, 5) is 12.9. The Bertz CT molecular complexity index is 1040. The number of ether oxygens (including phenoxy) is 3. The van der Waals surface area contributed by atoms with Crippen LogP contribution in [0.25, 0.3) is 11.0 Å². The molecule has 0 radical (unpaired) electrons. The Morgan fingerprint density at radius 3 is 2.72 bits per heavy atom. The molecule has 7 heteroatoms. The summed E-state index contributed by atoms with van der Waals surface area (Å²) in [6.45, 7) is 1.25. The molecule has 4 rings (SSSR count). The van der Waals surface area contributed by atoms with Gasteiger partial charge in [0.1, 0.15) is 5.58 Å². The van der Waals surface area contributed by atoms with Gasteiger partial charge in [0.05, 0.1) is 32.7 Å². The first kappa shape index (κ1) is 22.1. The van der Waals surface area contributed by atoms with Crippen molar-refractivity contribution >= 4 is 16.9 Å². The van der Waals surface area contributed by atoms with E-state index in [2.05, 4.69) is 5.32 Å². The molecule has 0 saturated heterocycles. The molecule has 3 aromatic rings. The molecule has 168 valence electrons. The number of hydrogen-bond acceptors (Lipinski definition) is 6. The highest BCUT2D eigenvalue weighted by Crippen LogP contribution is 2.36. The van der Waals surface area contributed by atoms with Gasteiger partial charge in [0.25, 0.3) is 5.91 Å². The molecule has 1 aliphatic heterocycles. The van der Waals surface area contributed by atoms with Crippen molar-refractivity contribution in [3.05, 3.63) is 83.8 Å². The molecular weight excluding hydrogens is 410 g/mol. The molecule has 2 N–H and O–H groups in total. The molecular formula is C25H27NO6. The van der Waals surface area contributed by atoms with Crippen LogP contribution in [0.4, 0.5) is 0 Å². The number of hydrogen-bond donors (Lipinski definition) is 2. The molecule has 32 heavy (non-hydrogen) atoms. The fraction of sp³-hybridized carbons (Fsp3) is 0.320. The Morgan fingerprint density at radius 1 is 1.06 bits per heavy atom. The van der Waals surface area contributed by atoms with Crippen molar-refractivity contribution in [1.29, 1.82) is 0 Å². The number of carbonyl (C=O) groups excluding carboxylic acids is 1. The van der Waals surface area contributed by atoms with E-state index in [1.807, 2.05) is 60.7 Å². The molecule has 0 bridgehead atoms. The summed E-state index contributed by atoms with van der Waals surface area (Å²) in [5.41, 5.74) is 2.79. The number of amides is 1. The molecule has 1 aromatic heterocycles. The smallest absolute Gasteiger partial charge is 0.286 e. The zero-order valence-electron chi connectivity index (χ0n) is 17.7. The number of para-hydroxylation sites is 1. The van der Waals surface area contributed by atoms with Gasteiger partial charge >= 0.3 is 0 Å². The van der Waals surface area contributed by atoms with Gasteiger partial charge in [-0.05, 0) is 17.7 Å². The van der Waals surface area contributed by atoms with E-state index < -0.39 is 6.29 Å². The predicted octanol–water partition coefficient (Wildman–Crippen LogP) is 3.49. The average molecular weight is 437 g/mol. The maximum atomic E-state index is 12.9. The van der Waals surface area contributed by atoms with Crippen molar-refractivity contribution in [2.75, 3.05) is 26.4 Å². The highest BCUT2D eigenvalue weighted by Gasteiger charge is 2.30. The maximum absolute atomic E-state index is 12.9. The normalized spacial score (nSPS) is 18.2. The van der Waals surface area contributed by atoms with Gasteiger partial charge in [-0.1, -0.05) is 48.5 Å². The van der Waals surface area contributed by atoms with E-state index in [9.17, 15) is 4.79 Å². The molecule has 0 aliphatic carbocycles. The molecule has 7 nitrogen and oxygen atoms in total. The standard InChI is InChI=1S/C25H27NO6/c27-10-11-29-12-13-30-24-15-19(21-17-31-22-9-5-4-8-20(21)22)14-23(32-24)25(28)26-16-18-6-2-1-3-7-18/h1-9,14,17,19,24,27H,10-13,15-16H2,(H,26,28)/t19-,24+/m0/s1. The molecule has 0 unspecified atom stereocenters. The van der Waals surface area contributed by atoms with E-state index >= 15 is 0 Å². The van der Waals surface area contributed by atoms with Gasteiger partial charge in [-0.15, -0.1) is 0 Å². The summed E-state index contributed by atoms with van der Waals surface area (Å²) in [6, 6.07) is 17.5. The number of aliphatic hydroxyl groups excluding tert-OH is 1. The summed E-state index contributed by atoms with van der Waals surface area (Å²) in [6.07, 6.45) is 3.51. The highest BCUT2D eigenvalue weighted by atomic mass is 16.7. The van der Waals surface area contributed by atoms with Crippen LogP contribution in [0.5, 0.6) is 0 Å². The predicted molar refractivity (Wildman–Crippen MR) is 119 cm³/mol. The average Bonchev–Trinajstić information content (AvgIpc) is 3.27. The van der Waals surface area contributed by atoms with Crippen LogP contribution < -0.4 is 5.32 Å². The van der Waals surface area contributed by atoms with Crippen LogP contribution in [0.2, 0.25) is 0 Å². The number of nitrogens with one attached hydrogen (secondary N) is 1. The van der Waals surface area contributed by atoms with Gasteiger partial charge < -0.3 is 29.1 Å². The third-order valence-electron chi connectivity index (χ3n) is 5.25. The van der Waals surface area contributed by atoms with E-state index in [-0.39, 0.29) is 30.8 Å². The number of aliphatic hydroxyl groups is 1. The van der Waals surface area contributed by atoms with Crippen molar-refractivity contribution in [2.45, 2.75) is 25.2 Å².